The second-order valence-electron chi connectivity index (χ2n) is 9.13. The highest BCUT2D eigenvalue weighted by Gasteiger charge is 2.33. The zero-order chi connectivity index (χ0) is 24.1. The van der Waals surface area contributed by atoms with Gasteiger partial charge in [0.25, 0.3) is 0 Å². The molecule has 7 nitrogen and oxygen atoms in total. The molecule has 4 rings (SSSR count). The van der Waals surface area contributed by atoms with E-state index in [0.29, 0.717) is 25.8 Å². The molecule has 180 valence electrons. The highest BCUT2D eigenvalue weighted by atomic mass is 16.5. The largest absolute Gasteiger partial charge is 0.481 e. The second kappa shape index (κ2) is 10.7. The Morgan fingerprint density at radius 2 is 1.74 bits per heavy atom. The monoisotopic (exact) mass is 464 g/mol. The number of nitrogens with one attached hydrogen (secondary N) is 1. The van der Waals surface area contributed by atoms with Gasteiger partial charge in [-0.1, -0.05) is 68.3 Å². The number of rotatable bonds is 8. The van der Waals surface area contributed by atoms with E-state index >= 15 is 0 Å². The Hall–Kier alpha value is -3.35. The van der Waals surface area contributed by atoms with Crippen LogP contribution in [0.4, 0.5) is 4.79 Å². The Balaban J connectivity index is 1.41. The van der Waals surface area contributed by atoms with Crippen LogP contribution in [0.2, 0.25) is 0 Å². The Bertz CT molecular complexity index is 1010. The molecule has 34 heavy (non-hydrogen) atoms. The first kappa shape index (κ1) is 23.8. The first-order chi connectivity index (χ1) is 16.5. The first-order valence-electron chi connectivity index (χ1n) is 12.1. The van der Waals surface area contributed by atoms with Crippen molar-refractivity contribution in [2.45, 2.75) is 51.0 Å². The van der Waals surface area contributed by atoms with Gasteiger partial charge in [0.15, 0.2) is 0 Å². The fourth-order valence-electron chi connectivity index (χ4n) is 5.05. The lowest BCUT2D eigenvalue weighted by Crippen LogP contribution is -2.52. The molecule has 0 spiro atoms. The van der Waals surface area contributed by atoms with Crippen molar-refractivity contribution >= 4 is 18.0 Å². The molecule has 7 heteroatoms. The highest BCUT2D eigenvalue weighted by Crippen LogP contribution is 2.44. The van der Waals surface area contributed by atoms with Crippen molar-refractivity contribution in [2.24, 2.45) is 5.92 Å². The number of carbonyl (C=O) groups is 3. The molecule has 0 saturated carbocycles. The molecule has 1 aliphatic heterocycles. The van der Waals surface area contributed by atoms with Gasteiger partial charge >= 0.3 is 12.1 Å². The van der Waals surface area contributed by atoms with Crippen molar-refractivity contribution in [2.75, 3.05) is 19.7 Å². The van der Waals surface area contributed by atoms with Crippen molar-refractivity contribution < 1.29 is 24.2 Å². The van der Waals surface area contributed by atoms with E-state index in [9.17, 15) is 19.5 Å². The van der Waals surface area contributed by atoms with Crippen molar-refractivity contribution in [3.05, 3.63) is 59.7 Å². The third-order valence-corrected chi connectivity index (χ3v) is 6.86. The summed E-state index contributed by atoms with van der Waals surface area (Å²) in [6, 6.07) is 15.5. The lowest BCUT2D eigenvalue weighted by Gasteiger charge is -2.33. The molecular formula is C27H32N2O5. The quantitative estimate of drug-likeness (QED) is 0.603. The zero-order valence-corrected chi connectivity index (χ0v) is 19.5. The molecule has 1 fully saturated rings. The molecule has 0 radical (unpaired) electrons. The number of amides is 2. The highest BCUT2D eigenvalue weighted by molar-refractivity contribution is 5.86. The number of hydrogen-bond donors (Lipinski definition) is 2. The third-order valence-electron chi connectivity index (χ3n) is 6.86. The molecular weight excluding hydrogens is 432 g/mol. The van der Waals surface area contributed by atoms with Crippen LogP contribution in [0.5, 0.6) is 0 Å². The topological polar surface area (TPSA) is 95.9 Å². The Labute approximate surface area is 200 Å². The van der Waals surface area contributed by atoms with E-state index in [1.807, 2.05) is 31.2 Å². The van der Waals surface area contributed by atoms with Crippen LogP contribution in [-0.4, -0.2) is 53.7 Å². The van der Waals surface area contributed by atoms with Crippen LogP contribution in [-0.2, 0) is 14.3 Å². The first-order valence-corrected chi connectivity index (χ1v) is 12.1. The van der Waals surface area contributed by atoms with Gasteiger partial charge in [-0.3, -0.25) is 9.59 Å². The molecule has 1 aliphatic carbocycles. The summed E-state index contributed by atoms with van der Waals surface area (Å²) < 4.78 is 5.63. The van der Waals surface area contributed by atoms with E-state index in [4.69, 9.17) is 4.74 Å². The minimum Gasteiger partial charge on any atom is -0.481 e. The fourth-order valence-corrected chi connectivity index (χ4v) is 5.05. The minimum atomic E-state index is -0.882. The van der Waals surface area contributed by atoms with Crippen LogP contribution < -0.4 is 5.32 Å². The van der Waals surface area contributed by atoms with Crippen molar-refractivity contribution in [1.82, 2.24) is 10.2 Å². The maximum Gasteiger partial charge on any atom is 0.407 e. The molecule has 2 N–H and O–H groups in total. The number of benzene rings is 2. The van der Waals surface area contributed by atoms with Crippen LogP contribution in [0.25, 0.3) is 11.1 Å². The van der Waals surface area contributed by atoms with Gasteiger partial charge in [0.05, 0.1) is 5.92 Å². The number of unbranched alkanes of at least 4 members (excludes halogenated alkanes) is 1. The molecule has 2 aromatic carbocycles. The van der Waals surface area contributed by atoms with E-state index < -0.39 is 24.0 Å². The molecule has 1 saturated heterocycles. The minimum absolute atomic E-state index is 0.0543. The molecule has 2 atom stereocenters. The number of aliphatic carboxylic acids is 1. The molecule has 2 amide bonds. The maximum atomic E-state index is 13.2. The summed E-state index contributed by atoms with van der Waals surface area (Å²) in [7, 11) is 0. The van der Waals surface area contributed by atoms with Gasteiger partial charge in [-0.25, -0.2) is 4.79 Å². The molecule has 2 aliphatic rings. The normalized spacial score (nSPS) is 18.0. The lowest BCUT2D eigenvalue weighted by atomic mass is 9.97. The number of hydrogen-bond acceptors (Lipinski definition) is 4. The lowest BCUT2D eigenvalue weighted by molar-refractivity contribution is -0.146. The summed E-state index contributed by atoms with van der Waals surface area (Å²) in [5, 5.41) is 12.1. The number of carbonyl (C=O) groups excluding carboxylic acids is 2. The SMILES string of the molecule is CCCC[C@H](NC(=O)OCC1c2ccccc2-c2ccccc21)C(=O)N1CCC[C@H](C(=O)O)C1. The van der Waals surface area contributed by atoms with E-state index in [2.05, 4.69) is 29.6 Å². The fraction of sp³-hybridized carbons (Fsp3) is 0.444. The Morgan fingerprint density at radius 1 is 1.09 bits per heavy atom. The number of carboxylic acid groups (broad SMARTS) is 1. The predicted octanol–water partition coefficient (Wildman–Crippen LogP) is 4.41. The Morgan fingerprint density at radius 3 is 2.35 bits per heavy atom. The van der Waals surface area contributed by atoms with Gasteiger partial charge in [-0.15, -0.1) is 0 Å². The van der Waals surface area contributed by atoms with E-state index in [1.54, 1.807) is 4.90 Å². The van der Waals surface area contributed by atoms with Crippen LogP contribution in [0.3, 0.4) is 0 Å². The molecule has 0 unspecified atom stereocenters. The summed E-state index contributed by atoms with van der Waals surface area (Å²) in [6.07, 6.45) is 2.74. The second-order valence-corrected chi connectivity index (χ2v) is 9.13. The summed E-state index contributed by atoms with van der Waals surface area (Å²) >= 11 is 0. The summed E-state index contributed by atoms with van der Waals surface area (Å²) in [5.41, 5.74) is 4.56. The van der Waals surface area contributed by atoms with Crippen LogP contribution in [0, 0.1) is 5.92 Å². The van der Waals surface area contributed by atoms with Crippen LogP contribution in [0.1, 0.15) is 56.1 Å². The molecule has 0 aromatic heterocycles. The average molecular weight is 465 g/mol. The summed E-state index contributed by atoms with van der Waals surface area (Å²) in [5.74, 6) is -1.72. The zero-order valence-electron chi connectivity index (χ0n) is 19.5. The van der Waals surface area contributed by atoms with Gasteiger partial charge in [-0.05, 0) is 41.5 Å². The predicted molar refractivity (Wildman–Crippen MR) is 128 cm³/mol. The maximum absolute atomic E-state index is 13.2. The smallest absolute Gasteiger partial charge is 0.407 e. The van der Waals surface area contributed by atoms with E-state index in [1.165, 1.54) is 0 Å². The average Bonchev–Trinajstić information content (AvgIpc) is 3.18. The molecule has 0 bridgehead atoms. The number of nitrogens with zero attached hydrogens (tertiary/aromatic N) is 1. The summed E-state index contributed by atoms with van der Waals surface area (Å²) in [6.45, 7) is 2.90. The molecule has 2 aromatic rings. The van der Waals surface area contributed by atoms with Gasteiger partial charge in [-0.2, -0.15) is 0 Å². The van der Waals surface area contributed by atoms with Gasteiger partial charge in [0.2, 0.25) is 5.91 Å². The van der Waals surface area contributed by atoms with Gasteiger partial charge in [0.1, 0.15) is 12.6 Å². The van der Waals surface area contributed by atoms with Crippen molar-refractivity contribution in [3.8, 4) is 11.1 Å². The number of likely N-dealkylation sites (tertiary alicyclic amines) is 1. The van der Waals surface area contributed by atoms with Gasteiger partial charge in [0, 0.05) is 19.0 Å². The Kier molecular flexibility index (Phi) is 7.50. The number of ether oxygens (including phenoxy) is 1. The summed E-state index contributed by atoms with van der Waals surface area (Å²) in [4.78, 5) is 38.9. The number of carboxylic acids is 1. The van der Waals surface area contributed by atoms with Crippen LogP contribution in [0.15, 0.2) is 48.5 Å². The van der Waals surface area contributed by atoms with Gasteiger partial charge < -0.3 is 20.1 Å². The third kappa shape index (κ3) is 5.08. The van der Waals surface area contributed by atoms with E-state index in [0.717, 1.165) is 35.1 Å². The number of fused-ring (bicyclic) bond motifs is 3. The van der Waals surface area contributed by atoms with Crippen LogP contribution >= 0.6 is 0 Å². The molecule has 1 heterocycles. The number of piperidine rings is 1. The standard InChI is InChI=1S/C27H32N2O5/c1-2-3-14-24(25(30)29-15-8-9-18(16-29)26(31)32)28-27(33)34-17-23-21-12-6-4-10-19(21)20-11-5-7-13-22(20)23/h4-7,10-13,18,23-24H,2-3,8-9,14-17H2,1H3,(H,28,33)(H,31,32)/t18-,24-/m0/s1. The van der Waals surface area contributed by atoms with Crippen molar-refractivity contribution in [1.29, 1.82) is 0 Å². The van der Waals surface area contributed by atoms with Crippen molar-refractivity contribution in [3.63, 3.8) is 0 Å². The van der Waals surface area contributed by atoms with E-state index in [-0.39, 0.29) is 25.0 Å². The number of alkyl carbamates (subject to hydrolysis) is 1.